The van der Waals surface area contributed by atoms with Crippen molar-refractivity contribution in [3.63, 3.8) is 0 Å². The molecule has 2 atom stereocenters. The fourth-order valence-corrected chi connectivity index (χ4v) is 3.69. The summed E-state index contributed by atoms with van der Waals surface area (Å²) in [7, 11) is 0. The minimum absolute atomic E-state index is 0.0409. The smallest absolute Gasteiger partial charge is 0.387 e. The van der Waals surface area contributed by atoms with Gasteiger partial charge in [0.1, 0.15) is 5.69 Å². The first-order chi connectivity index (χ1) is 13.1. The van der Waals surface area contributed by atoms with Crippen LogP contribution in [0.3, 0.4) is 0 Å². The second-order valence-electron chi connectivity index (χ2n) is 7.39. The number of nitrogens with one attached hydrogen (secondary N) is 1. The van der Waals surface area contributed by atoms with E-state index in [1.807, 2.05) is 0 Å². The van der Waals surface area contributed by atoms with Gasteiger partial charge < -0.3 is 10.4 Å². The van der Waals surface area contributed by atoms with Crippen LogP contribution < -0.4 is 5.32 Å². The molecular formula is C20H23F5N2O. The Labute approximate surface area is 160 Å². The highest BCUT2D eigenvalue weighted by atomic mass is 19.4. The summed E-state index contributed by atoms with van der Waals surface area (Å²) in [4.78, 5) is 3.63. The first-order valence-electron chi connectivity index (χ1n) is 9.39. The molecule has 0 amide bonds. The molecule has 8 heteroatoms. The van der Waals surface area contributed by atoms with Crippen molar-refractivity contribution in [1.29, 1.82) is 0 Å². The molecule has 2 N–H and O–H groups in total. The quantitative estimate of drug-likeness (QED) is 0.683. The van der Waals surface area contributed by atoms with Crippen molar-refractivity contribution in [2.45, 2.75) is 63.3 Å². The zero-order valence-electron chi connectivity index (χ0n) is 15.5. The number of hydrogen-bond acceptors (Lipinski definition) is 3. The molecule has 1 saturated heterocycles. The molecule has 1 aliphatic heterocycles. The van der Waals surface area contributed by atoms with Crippen molar-refractivity contribution in [2.24, 2.45) is 0 Å². The van der Waals surface area contributed by atoms with Crippen LogP contribution in [0.5, 0.6) is 0 Å². The summed E-state index contributed by atoms with van der Waals surface area (Å²) < 4.78 is 68.2. The molecule has 2 heterocycles. The van der Waals surface area contributed by atoms with Crippen molar-refractivity contribution in [1.82, 2.24) is 10.3 Å². The average molecular weight is 402 g/mol. The van der Waals surface area contributed by atoms with Crippen LogP contribution >= 0.6 is 0 Å². The van der Waals surface area contributed by atoms with Crippen molar-refractivity contribution in [3.05, 3.63) is 41.1 Å². The topological polar surface area (TPSA) is 45.1 Å². The lowest BCUT2D eigenvalue weighted by Crippen LogP contribution is -2.36. The predicted molar refractivity (Wildman–Crippen MR) is 96.1 cm³/mol. The van der Waals surface area contributed by atoms with Gasteiger partial charge in [-0.1, -0.05) is 31.4 Å². The molecule has 1 aromatic heterocycles. The maximum Gasteiger partial charge on any atom is 0.418 e. The molecule has 28 heavy (non-hydrogen) atoms. The molecule has 0 saturated carbocycles. The third-order valence-corrected chi connectivity index (χ3v) is 5.17. The van der Waals surface area contributed by atoms with Crippen molar-refractivity contribution >= 4 is 10.9 Å². The summed E-state index contributed by atoms with van der Waals surface area (Å²) in [6.07, 6.45) is -1.50. The van der Waals surface area contributed by atoms with Crippen LogP contribution in [0.2, 0.25) is 0 Å². The number of rotatable bonds is 3. The van der Waals surface area contributed by atoms with E-state index in [1.165, 1.54) is 12.1 Å². The van der Waals surface area contributed by atoms with Gasteiger partial charge in [0.2, 0.25) is 0 Å². The molecule has 3 rings (SSSR count). The minimum Gasteiger partial charge on any atom is -0.387 e. The number of fused-ring (bicyclic) bond motifs is 1. The van der Waals surface area contributed by atoms with Crippen LogP contribution in [0.25, 0.3) is 10.9 Å². The highest BCUT2D eigenvalue weighted by molar-refractivity contribution is 5.86. The van der Waals surface area contributed by atoms with Gasteiger partial charge in [0, 0.05) is 18.4 Å². The molecule has 154 valence electrons. The van der Waals surface area contributed by atoms with Crippen molar-refractivity contribution in [3.8, 4) is 0 Å². The Balaban J connectivity index is 2.17. The van der Waals surface area contributed by atoms with Gasteiger partial charge in [0.05, 0.1) is 17.2 Å². The summed E-state index contributed by atoms with van der Waals surface area (Å²) >= 11 is 0. The number of pyridine rings is 1. The zero-order valence-corrected chi connectivity index (χ0v) is 15.5. The van der Waals surface area contributed by atoms with E-state index in [2.05, 4.69) is 10.3 Å². The molecule has 1 aromatic carbocycles. The monoisotopic (exact) mass is 402 g/mol. The fourth-order valence-electron chi connectivity index (χ4n) is 3.69. The van der Waals surface area contributed by atoms with E-state index in [0.29, 0.717) is 19.9 Å². The summed E-state index contributed by atoms with van der Waals surface area (Å²) in [5.41, 5.74) is -2.38. The number of para-hydroxylation sites is 1. The van der Waals surface area contributed by atoms with Gasteiger partial charge in [-0.25, -0.2) is 4.98 Å². The van der Waals surface area contributed by atoms with E-state index in [9.17, 15) is 27.1 Å². The predicted octanol–water partition coefficient (Wildman–Crippen LogP) is 5.32. The number of halogens is 5. The Hall–Kier alpha value is -1.80. The number of aliphatic hydroxyl groups excluding tert-OH is 1. The summed E-state index contributed by atoms with van der Waals surface area (Å²) in [5.74, 6) is -3.43. The maximum absolute atomic E-state index is 14.0. The number of aromatic nitrogens is 1. The largest absolute Gasteiger partial charge is 0.418 e. The molecular weight excluding hydrogens is 379 g/mol. The molecule has 2 unspecified atom stereocenters. The highest BCUT2D eigenvalue weighted by Gasteiger charge is 2.36. The molecule has 0 aliphatic carbocycles. The van der Waals surface area contributed by atoms with Gasteiger partial charge >= 0.3 is 6.18 Å². The standard InChI is InChI=1S/C20H23F5N2O/c1-19(21,22)16-11-13(18(28)15-9-4-2-3-5-10-26-15)12-7-6-8-14(17(12)27-16)20(23,24)25/h6-8,11,15,18,26,28H,2-5,9-10H2,1H3. The van der Waals surface area contributed by atoms with Crippen molar-refractivity contribution < 1.29 is 27.1 Å². The average Bonchev–Trinajstić information content (AvgIpc) is 2.57. The maximum atomic E-state index is 14.0. The molecule has 1 fully saturated rings. The third-order valence-electron chi connectivity index (χ3n) is 5.17. The number of nitrogens with zero attached hydrogens (tertiary/aromatic N) is 1. The number of aliphatic hydroxyl groups is 1. The van der Waals surface area contributed by atoms with E-state index in [4.69, 9.17) is 0 Å². The molecule has 3 nitrogen and oxygen atoms in total. The SMILES string of the molecule is CC(F)(F)c1cc(C(O)C2CCCCCCN2)c2cccc(C(F)(F)F)c2n1. The van der Waals surface area contributed by atoms with E-state index in [1.54, 1.807) is 0 Å². The molecule has 1 aliphatic rings. The van der Waals surface area contributed by atoms with Gasteiger partial charge in [-0.3, -0.25) is 0 Å². The van der Waals surface area contributed by atoms with Crippen LogP contribution in [0, 0.1) is 0 Å². The van der Waals surface area contributed by atoms with E-state index in [-0.39, 0.29) is 10.9 Å². The summed E-state index contributed by atoms with van der Waals surface area (Å²) in [6.45, 7) is 1.25. The number of hydrogen-bond donors (Lipinski definition) is 2. The molecule has 0 radical (unpaired) electrons. The second kappa shape index (κ2) is 7.91. The van der Waals surface area contributed by atoms with Gasteiger partial charge in [-0.2, -0.15) is 22.0 Å². The first-order valence-corrected chi connectivity index (χ1v) is 9.39. The number of benzene rings is 1. The first kappa shape index (κ1) is 20.9. The molecule has 0 spiro atoms. The lowest BCUT2D eigenvalue weighted by atomic mass is 9.91. The third kappa shape index (κ3) is 4.43. The van der Waals surface area contributed by atoms with Gasteiger partial charge in [-0.15, -0.1) is 0 Å². The normalized spacial score (nSPS) is 20.6. The van der Waals surface area contributed by atoms with Crippen LogP contribution in [-0.4, -0.2) is 22.7 Å². The van der Waals surface area contributed by atoms with Crippen LogP contribution in [0.1, 0.15) is 62.0 Å². The molecule has 2 aromatic rings. The van der Waals surface area contributed by atoms with E-state index in [0.717, 1.165) is 37.8 Å². The zero-order chi connectivity index (χ0) is 20.5. The van der Waals surface area contributed by atoms with Crippen LogP contribution in [-0.2, 0) is 12.1 Å². The molecule has 0 bridgehead atoms. The van der Waals surface area contributed by atoms with Gasteiger partial charge in [0.25, 0.3) is 5.92 Å². The number of alkyl halides is 5. The Morgan fingerprint density at radius 1 is 1.11 bits per heavy atom. The van der Waals surface area contributed by atoms with E-state index < -0.39 is 41.0 Å². The fraction of sp³-hybridized carbons (Fsp3) is 0.550. The Bertz CT molecular complexity index is 824. The lowest BCUT2D eigenvalue weighted by molar-refractivity contribution is -0.136. The minimum atomic E-state index is -4.74. The van der Waals surface area contributed by atoms with Crippen molar-refractivity contribution in [2.75, 3.05) is 6.54 Å². The van der Waals surface area contributed by atoms with E-state index >= 15 is 0 Å². The highest BCUT2D eigenvalue weighted by Crippen LogP contribution is 2.39. The summed E-state index contributed by atoms with van der Waals surface area (Å²) in [5, 5.41) is 14.2. The second-order valence-corrected chi connectivity index (χ2v) is 7.39. The van der Waals surface area contributed by atoms with Crippen LogP contribution in [0.15, 0.2) is 24.3 Å². The van der Waals surface area contributed by atoms with Gasteiger partial charge in [0.15, 0.2) is 0 Å². The Kier molecular flexibility index (Phi) is 5.91. The summed E-state index contributed by atoms with van der Waals surface area (Å²) in [6, 6.07) is 4.03. The Morgan fingerprint density at radius 3 is 2.50 bits per heavy atom. The van der Waals surface area contributed by atoms with Crippen LogP contribution in [0.4, 0.5) is 22.0 Å². The Morgan fingerprint density at radius 2 is 1.82 bits per heavy atom. The van der Waals surface area contributed by atoms with Gasteiger partial charge in [-0.05, 0) is 37.1 Å². The lowest BCUT2D eigenvalue weighted by Gasteiger charge is -2.28.